The van der Waals surface area contributed by atoms with Crippen LogP contribution in [-0.2, 0) is 21.0 Å². The van der Waals surface area contributed by atoms with Gasteiger partial charge in [-0.05, 0) is 36.8 Å². The number of amides is 1. The highest BCUT2D eigenvalue weighted by atomic mass is 32.2. The number of nitrogens with zero attached hydrogens (tertiary/aromatic N) is 3. The molecule has 13 heteroatoms. The highest BCUT2D eigenvalue weighted by Gasteiger charge is 2.31. The van der Waals surface area contributed by atoms with Crippen LogP contribution < -0.4 is 9.62 Å². The van der Waals surface area contributed by atoms with Gasteiger partial charge in [0.2, 0.25) is 15.9 Å². The highest BCUT2D eigenvalue weighted by Crippen LogP contribution is 2.29. The van der Waals surface area contributed by atoms with Gasteiger partial charge in [-0.25, -0.2) is 26.9 Å². The molecule has 1 saturated heterocycles. The summed E-state index contributed by atoms with van der Waals surface area (Å²) in [5, 5.41) is 0. The Morgan fingerprint density at radius 1 is 1.03 bits per heavy atom. The third-order valence-electron chi connectivity index (χ3n) is 5.08. The maximum atomic E-state index is 13.3. The molecule has 0 radical (unpaired) electrons. The van der Waals surface area contributed by atoms with Gasteiger partial charge in [-0.15, -0.1) is 0 Å². The average Bonchev–Trinajstić information content (AvgIpc) is 3.01. The van der Waals surface area contributed by atoms with Gasteiger partial charge in [-0.3, -0.25) is 4.79 Å². The van der Waals surface area contributed by atoms with E-state index in [2.05, 4.69) is 9.71 Å². The Kier molecular flexibility index (Phi) is 7.52. The molecule has 0 aliphatic carbocycles. The lowest BCUT2D eigenvalue weighted by Crippen LogP contribution is -2.37. The van der Waals surface area contributed by atoms with Crippen molar-refractivity contribution in [1.82, 2.24) is 14.6 Å². The van der Waals surface area contributed by atoms with Gasteiger partial charge in [0.25, 0.3) is 0 Å². The summed E-state index contributed by atoms with van der Waals surface area (Å²) in [6.07, 6.45) is -3.31. The molecular weight excluding hydrogens is 471 g/mol. The smallest absolute Gasteiger partial charge is 0.355 e. The molecule has 0 spiro atoms. The van der Waals surface area contributed by atoms with Crippen LogP contribution in [-0.4, -0.2) is 56.9 Å². The van der Waals surface area contributed by atoms with Crippen LogP contribution in [0.2, 0.25) is 0 Å². The van der Waals surface area contributed by atoms with Crippen molar-refractivity contribution >= 4 is 21.7 Å². The van der Waals surface area contributed by atoms with Gasteiger partial charge >= 0.3 is 6.18 Å². The molecule has 0 unspecified atom stereocenters. The van der Waals surface area contributed by atoms with Crippen molar-refractivity contribution in [2.75, 3.05) is 37.6 Å². The second-order valence-corrected chi connectivity index (χ2v) is 9.11. The van der Waals surface area contributed by atoms with E-state index in [1.165, 1.54) is 11.0 Å². The minimum absolute atomic E-state index is 0.151. The number of nitrogens with one attached hydrogen (secondary N) is 1. The number of carbonyl (C=O) groups is 1. The highest BCUT2D eigenvalue weighted by molar-refractivity contribution is 7.89. The lowest BCUT2D eigenvalue weighted by atomic mass is 10.2. The second-order valence-electron chi connectivity index (χ2n) is 7.35. The Hall–Kier alpha value is -2.80. The Morgan fingerprint density at radius 2 is 1.79 bits per heavy atom. The monoisotopic (exact) mass is 492 g/mol. The van der Waals surface area contributed by atoms with E-state index >= 15 is 0 Å². The van der Waals surface area contributed by atoms with Gasteiger partial charge in [0.05, 0.1) is 10.5 Å². The molecular formula is C20H21F5N4O3S. The lowest BCUT2D eigenvalue weighted by Gasteiger charge is -2.23. The van der Waals surface area contributed by atoms with Crippen molar-refractivity contribution in [1.29, 1.82) is 0 Å². The lowest BCUT2D eigenvalue weighted by molar-refractivity contribution is -0.137. The van der Waals surface area contributed by atoms with Gasteiger partial charge in [-0.2, -0.15) is 13.2 Å². The van der Waals surface area contributed by atoms with E-state index < -0.39 is 38.3 Å². The largest absolute Gasteiger partial charge is 0.417 e. The van der Waals surface area contributed by atoms with Gasteiger partial charge in [-0.1, -0.05) is 0 Å². The number of anilines is 1. The first-order valence-electron chi connectivity index (χ1n) is 9.98. The van der Waals surface area contributed by atoms with Gasteiger partial charge in [0.1, 0.15) is 5.82 Å². The third-order valence-corrected chi connectivity index (χ3v) is 6.54. The van der Waals surface area contributed by atoms with Gasteiger partial charge in [0.15, 0.2) is 11.6 Å². The summed E-state index contributed by atoms with van der Waals surface area (Å²) in [4.78, 5) is 19.2. The van der Waals surface area contributed by atoms with Crippen molar-refractivity contribution in [3.8, 4) is 0 Å². The standard InChI is InChI=1S/C20H21F5N4O3S/c21-16-4-3-15(12-17(16)22)33(31,32)27-7-6-19(30)29-9-1-8-28(10-11-29)18-5-2-14(13-26-18)20(23,24)25/h2-5,12-13,27H,1,6-11H2. The SMILES string of the molecule is O=C(CCNS(=O)(=O)c1ccc(F)c(F)c1)N1CCCN(c2ccc(C(F)(F)F)cn2)CC1. The van der Waals surface area contributed by atoms with Crippen LogP contribution in [0.1, 0.15) is 18.4 Å². The summed E-state index contributed by atoms with van der Waals surface area (Å²) in [5.74, 6) is -2.42. The summed E-state index contributed by atoms with van der Waals surface area (Å²) in [7, 11) is -4.12. The topological polar surface area (TPSA) is 82.6 Å². The Balaban J connectivity index is 1.52. The number of halogens is 5. The predicted molar refractivity (Wildman–Crippen MR) is 109 cm³/mol. The number of benzene rings is 1. The molecule has 1 aromatic heterocycles. The van der Waals surface area contributed by atoms with Crippen molar-refractivity contribution in [3.05, 3.63) is 53.7 Å². The number of alkyl halides is 3. The molecule has 7 nitrogen and oxygen atoms in total. The molecule has 3 rings (SSSR count). The summed E-state index contributed by atoms with van der Waals surface area (Å²) >= 11 is 0. The number of aromatic nitrogens is 1. The molecule has 1 aliphatic heterocycles. The van der Waals surface area contributed by atoms with Crippen molar-refractivity contribution < 1.29 is 35.2 Å². The van der Waals surface area contributed by atoms with E-state index in [-0.39, 0.29) is 25.4 Å². The van der Waals surface area contributed by atoms with E-state index in [0.717, 1.165) is 18.3 Å². The Morgan fingerprint density at radius 3 is 2.42 bits per heavy atom. The van der Waals surface area contributed by atoms with Crippen molar-refractivity contribution in [2.24, 2.45) is 0 Å². The predicted octanol–water partition coefficient (Wildman–Crippen LogP) is 2.79. The molecule has 1 aliphatic rings. The van der Waals surface area contributed by atoms with Gasteiger partial charge < -0.3 is 9.80 Å². The van der Waals surface area contributed by atoms with Crippen molar-refractivity contribution in [2.45, 2.75) is 23.9 Å². The van der Waals surface area contributed by atoms with Crippen LogP contribution >= 0.6 is 0 Å². The number of hydrogen-bond acceptors (Lipinski definition) is 5. The molecule has 1 amide bonds. The quantitative estimate of drug-likeness (QED) is 0.628. The number of hydrogen-bond donors (Lipinski definition) is 1. The third kappa shape index (κ3) is 6.38. The van der Waals surface area contributed by atoms with E-state index in [9.17, 15) is 35.2 Å². The minimum Gasteiger partial charge on any atom is -0.355 e. The molecule has 2 heterocycles. The first kappa shape index (κ1) is 24.8. The van der Waals surface area contributed by atoms with E-state index in [1.54, 1.807) is 4.90 Å². The number of rotatable bonds is 6. The fraction of sp³-hybridized carbons (Fsp3) is 0.400. The summed E-state index contributed by atoms with van der Waals surface area (Å²) in [5.41, 5.74) is -0.844. The molecule has 0 bridgehead atoms. The van der Waals surface area contributed by atoms with E-state index in [4.69, 9.17) is 0 Å². The fourth-order valence-electron chi connectivity index (χ4n) is 3.31. The van der Waals surface area contributed by atoms with Crippen LogP contribution in [0.15, 0.2) is 41.4 Å². The molecule has 1 N–H and O–H groups in total. The summed E-state index contributed by atoms with van der Waals surface area (Å²) in [6.45, 7) is 1.29. The van der Waals surface area contributed by atoms with Crippen LogP contribution in [0.4, 0.5) is 27.8 Å². The maximum absolute atomic E-state index is 13.3. The second kappa shape index (κ2) is 10.00. The van der Waals surface area contributed by atoms with E-state index in [1.807, 2.05) is 0 Å². The molecule has 0 saturated carbocycles. The van der Waals surface area contributed by atoms with Crippen LogP contribution in [0.3, 0.4) is 0 Å². The molecule has 33 heavy (non-hydrogen) atoms. The molecule has 180 valence electrons. The molecule has 1 fully saturated rings. The molecule has 0 atom stereocenters. The summed E-state index contributed by atoms with van der Waals surface area (Å²) < 4.78 is 90.9. The normalized spacial score (nSPS) is 15.4. The first-order chi connectivity index (χ1) is 15.5. The average molecular weight is 492 g/mol. The maximum Gasteiger partial charge on any atom is 0.417 e. The zero-order valence-electron chi connectivity index (χ0n) is 17.3. The number of pyridine rings is 1. The molecule has 2 aromatic rings. The summed E-state index contributed by atoms with van der Waals surface area (Å²) in [6, 6.07) is 4.41. The Bertz CT molecular complexity index is 1090. The zero-order valence-corrected chi connectivity index (χ0v) is 18.1. The number of sulfonamides is 1. The Labute approximate surface area is 187 Å². The van der Waals surface area contributed by atoms with Crippen molar-refractivity contribution in [3.63, 3.8) is 0 Å². The van der Waals surface area contributed by atoms with Crippen LogP contribution in [0, 0.1) is 11.6 Å². The van der Waals surface area contributed by atoms with E-state index in [0.29, 0.717) is 44.0 Å². The van der Waals surface area contributed by atoms with Crippen LogP contribution in [0.25, 0.3) is 0 Å². The van der Waals surface area contributed by atoms with Gasteiger partial charge in [0, 0.05) is 45.3 Å². The molecule has 1 aromatic carbocycles. The van der Waals surface area contributed by atoms with Crippen LogP contribution in [0.5, 0.6) is 0 Å². The fourth-order valence-corrected chi connectivity index (χ4v) is 4.36. The number of carbonyl (C=O) groups excluding carboxylic acids is 1. The first-order valence-corrected chi connectivity index (χ1v) is 11.5. The minimum atomic E-state index is -4.47. The zero-order chi connectivity index (χ0) is 24.2.